The van der Waals surface area contributed by atoms with Gasteiger partial charge in [-0.05, 0) is 22.3 Å². The molecule has 0 aromatic heterocycles. The Labute approximate surface area is 186 Å². The fourth-order valence-electron chi connectivity index (χ4n) is 3.07. The minimum atomic E-state index is 0.164. The number of rotatable bonds is 2. The van der Waals surface area contributed by atoms with Crippen molar-refractivity contribution < 1.29 is 0 Å². The molecule has 0 saturated carbocycles. The van der Waals surface area contributed by atoms with E-state index in [1.54, 1.807) is 24.3 Å². The molecule has 28 heavy (non-hydrogen) atoms. The molecule has 0 bridgehead atoms. The molecule has 10 heteroatoms. The van der Waals surface area contributed by atoms with Crippen molar-refractivity contribution in [3.8, 4) is 22.3 Å². The topological polar surface area (TPSA) is 0 Å². The lowest BCUT2D eigenvalue weighted by Gasteiger charge is -2.22. The third-order valence-corrected chi connectivity index (χ3v) is 5.61. The highest BCUT2D eigenvalue weighted by Crippen LogP contribution is 2.20. The molecule has 110 valence electrons. The second-order valence-corrected chi connectivity index (χ2v) is 7.16. The Bertz CT molecular complexity index is 961. The third-order valence-electron chi connectivity index (χ3n) is 4.75. The van der Waals surface area contributed by atoms with E-state index in [2.05, 4.69) is 15.9 Å². The third kappa shape index (κ3) is 3.32. The SMILES string of the molecule is [B]c1c([B])c([B])c(-c2ccc(-c3c([B])c([B])c(Br)c([B])c3[B])cc2)c([B])c1[B]. The maximum atomic E-state index is 6.16. The Kier molecular flexibility index (Phi) is 6.02. The van der Waals surface area contributed by atoms with Crippen molar-refractivity contribution in [2.45, 2.75) is 0 Å². The first kappa shape index (κ1) is 21.4. The van der Waals surface area contributed by atoms with E-state index in [-0.39, 0.29) is 27.3 Å². The molecule has 0 saturated heterocycles. The van der Waals surface area contributed by atoms with Crippen molar-refractivity contribution in [1.82, 2.24) is 0 Å². The molecule has 0 aliphatic carbocycles. The van der Waals surface area contributed by atoms with Gasteiger partial charge < -0.3 is 0 Å². The van der Waals surface area contributed by atoms with E-state index < -0.39 is 0 Å². The summed E-state index contributed by atoms with van der Waals surface area (Å²) in [7, 11) is 54.3. The van der Waals surface area contributed by atoms with Crippen molar-refractivity contribution in [3.05, 3.63) is 28.7 Å². The average Bonchev–Trinajstić information content (AvgIpc) is 2.69. The van der Waals surface area contributed by atoms with Gasteiger partial charge in [0.15, 0.2) is 0 Å². The van der Waals surface area contributed by atoms with Gasteiger partial charge in [0.1, 0.15) is 70.6 Å². The quantitative estimate of drug-likeness (QED) is 0.380. The van der Waals surface area contributed by atoms with Gasteiger partial charge in [-0.1, -0.05) is 73.0 Å². The van der Waals surface area contributed by atoms with Crippen LogP contribution in [-0.2, 0) is 0 Å². The molecule has 3 aromatic rings. The first-order chi connectivity index (χ1) is 13.1. The maximum absolute atomic E-state index is 6.16. The molecule has 3 aromatic carbocycles. The van der Waals surface area contributed by atoms with Gasteiger partial charge >= 0.3 is 0 Å². The number of hydrogen-bond donors (Lipinski definition) is 0. The molecule has 0 unspecified atom stereocenters. The van der Waals surface area contributed by atoms with Gasteiger partial charge in [-0.2, -0.15) is 0 Å². The van der Waals surface area contributed by atoms with E-state index in [0.717, 1.165) is 5.56 Å². The van der Waals surface area contributed by atoms with Crippen LogP contribution in [0.2, 0.25) is 0 Å². The standard InChI is InChI=1S/C18H4B9Br/c19-9-7(10(20)14(24)15(25)13(9)23)5-1-3-6(4-2-5)8-11(21)16(26)18(28)17(27)12(8)22/h1-4H. The second-order valence-electron chi connectivity index (χ2n) is 6.36. The lowest BCUT2D eigenvalue weighted by atomic mass is 9.59. The molecule has 0 aliphatic rings. The largest absolute Gasteiger partial charge is 0.114 e. The van der Waals surface area contributed by atoms with Crippen molar-refractivity contribution in [2.24, 2.45) is 0 Å². The number of hydrogen-bond acceptors (Lipinski definition) is 0. The summed E-state index contributed by atoms with van der Waals surface area (Å²) in [6.07, 6.45) is 0. The van der Waals surface area contributed by atoms with Crippen LogP contribution in [0.1, 0.15) is 0 Å². The molecule has 0 nitrogen and oxygen atoms in total. The molecule has 3 rings (SSSR count). The van der Waals surface area contributed by atoms with Gasteiger partial charge in [-0.3, -0.25) is 0 Å². The van der Waals surface area contributed by atoms with E-state index in [1.807, 2.05) is 0 Å². The van der Waals surface area contributed by atoms with Crippen molar-refractivity contribution in [3.63, 3.8) is 0 Å². The Morgan fingerprint density at radius 1 is 0.393 bits per heavy atom. The summed E-state index contributed by atoms with van der Waals surface area (Å²) in [6.45, 7) is 0. The zero-order chi connectivity index (χ0) is 20.9. The molecule has 0 amide bonds. The van der Waals surface area contributed by atoms with E-state index in [9.17, 15) is 0 Å². The van der Waals surface area contributed by atoms with Gasteiger partial charge in [-0.15, -0.1) is 16.4 Å². The Hall–Kier alpha value is -1.28. The second kappa shape index (κ2) is 7.86. The highest BCUT2D eigenvalue weighted by Gasteiger charge is 2.15. The summed E-state index contributed by atoms with van der Waals surface area (Å²) >= 11 is 3.29. The molecule has 0 fully saturated rings. The lowest BCUT2D eigenvalue weighted by Crippen LogP contribution is -2.55. The minimum Gasteiger partial charge on any atom is -0.112 e. The Morgan fingerprint density at radius 2 is 0.643 bits per heavy atom. The lowest BCUT2D eigenvalue weighted by molar-refractivity contribution is 1.67. The van der Waals surface area contributed by atoms with Gasteiger partial charge in [0, 0.05) is 4.47 Å². The summed E-state index contributed by atoms with van der Waals surface area (Å²) in [4.78, 5) is 0. The average molecular weight is 397 g/mol. The van der Waals surface area contributed by atoms with Crippen molar-refractivity contribution in [1.29, 1.82) is 0 Å². The van der Waals surface area contributed by atoms with Gasteiger partial charge in [0.2, 0.25) is 0 Å². The van der Waals surface area contributed by atoms with Crippen LogP contribution in [0.15, 0.2) is 28.7 Å². The van der Waals surface area contributed by atoms with Gasteiger partial charge in [0.05, 0.1) is 0 Å². The van der Waals surface area contributed by atoms with Crippen LogP contribution >= 0.6 is 15.9 Å². The highest BCUT2D eigenvalue weighted by atomic mass is 79.9. The molecule has 0 heterocycles. The molecule has 0 atom stereocenters. The first-order valence-corrected chi connectivity index (χ1v) is 8.90. The van der Waals surface area contributed by atoms with Crippen LogP contribution < -0.4 is 49.2 Å². The Balaban J connectivity index is 2.18. The van der Waals surface area contributed by atoms with Crippen LogP contribution in [0.4, 0.5) is 0 Å². The molecule has 0 N–H and O–H groups in total. The predicted molar refractivity (Wildman–Crippen MR) is 134 cm³/mol. The molecule has 0 spiro atoms. The van der Waals surface area contributed by atoms with E-state index in [0.29, 0.717) is 43.0 Å². The Morgan fingerprint density at radius 3 is 0.964 bits per heavy atom. The summed E-state index contributed by atoms with van der Waals surface area (Å²) in [5.74, 6) is 0. The molecular formula is C18H4B9Br. The van der Waals surface area contributed by atoms with Crippen LogP contribution in [0.5, 0.6) is 0 Å². The van der Waals surface area contributed by atoms with Gasteiger partial charge in [-0.25, -0.2) is 0 Å². The minimum absolute atomic E-state index is 0.164. The van der Waals surface area contributed by atoms with Crippen LogP contribution in [0, 0.1) is 0 Å². The van der Waals surface area contributed by atoms with E-state index in [4.69, 9.17) is 70.6 Å². The number of benzene rings is 3. The summed E-state index contributed by atoms with van der Waals surface area (Å²) in [5, 5.41) is 0. The maximum Gasteiger partial charge on any atom is 0.114 e. The summed E-state index contributed by atoms with van der Waals surface area (Å²) in [5.41, 5.74) is 4.81. The number of halogens is 1. The fraction of sp³-hybridized carbons (Fsp3) is 0. The van der Waals surface area contributed by atoms with Crippen LogP contribution in [0.3, 0.4) is 0 Å². The highest BCUT2D eigenvalue weighted by molar-refractivity contribution is 9.10. The predicted octanol–water partition coefficient (Wildman–Crippen LogP) is -5.07. The first-order valence-electron chi connectivity index (χ1n) is 8.11. The summed E-state index contributed by atoms with van der Waals surface area (Å²) in [6, 6.07) is 7.18. The van der Waals surface area contributed by atoms with Crippen LogP contribution in [0.25, 0.3) is 22.3 Å². The molecule has 0 aliphatic heterocycles. The fourth-order valence-corrected chi connectivity index (χ4v) is 3.50. The monoisotopic (exact) mass is 398 g/mol. The zero-order valence-electron chi connectivity index (χ0n) is 14.9. The molecular weight excluding hydrogens is 393 g/mol. The van der Waals surface area contributed by atoms with Crippen LogP contribution in [-0.4, -0.2) is 70.6 Å². The smallest absolute Gasteiger partial charge is 0.112 e. The zero-order valence-corrected chi connectivity index (χ0v) is 16.5. The normalized spacial score (nSPS) is 10.9. The van der Waals surface area contributed by atoms with E-state index in [1.165, 1.54) is 0 Å². The molecule has 18 radical (unpaired) electrons. The van der Waals surface area contributed by atoms with Crippen molar-refractivity contribution in [2.75, 3.05) is 0 Å². The van der Waals surface area contributed by atoms with E-state index >= 15 is 0 Å². The van der Waals surface area contributed by atoms with Crippen molar-refractivity contribution >= 4 is 136 Å². The van der Waals surface area contributed by atoms with Gasteiger partial charge in [0.25, 0.3) is 0 Å². The summed E-state index contributed by atoms with van der Waals surface area (Å²) < 4.78 is 0.469.